The van der Waals surface area contributed by atoms with E-state index in [9.17, 15) is 13.2 Å². The second-order valence-electron chi connectivity index (χ2n) is 6.67. The predicted octanol–water partition coefficient (Wildman–Crippen LogP) is 3.32. The van der Waals surface area contributed by atoms with Crippen molar-refractivity contribution in [2.45, 2.75) is 11.4 Å². The molecule has 0 spiro atoms. The van der Waals surface area contributed by atoms with Gasteiger partial charge in [0.1, 0.15) is 5.75 Å². The lowest BCUT2D eigenvalue weighted by atomic mass is 10.1. The van der Waals surface area contributed by atoms with Crippen LogP contribution >= 0.6 is 11.6 Å². The summed E-state index contributed by atoms with van der Waals surface area (Å²) < 4.78 is 33.4. The van der Waals surface area contributed by atoms with E-state index in [1.54, 1.807) is 24.3 Å². The van der Waals surface area contributed by atoms with Gasteiger partial charge in [-0.3, -0.25) is 4.79 Å². The normalized spacial score (nSPS) is 11.5. The molecule has 1 aromatic heterocycles. The summed E-state index contributed by atoms with van der Waals surface area (Å²) in [7, 11) is 0.758. The molecular weight excluding hydrogens is 426 g/mol. The van der Waals surface area contributed by atoms with Crippen molar-refractivity contribution in [1.82, 2.24) is 14.2 Å². The van der Waals surface area contributed by atoms with Crippen LogP contribution in [0.25, 0.3) is 5.69 Å². The number of carbonyl (C=O) groups is 1. The van der Waals surface area contributed by atoms with Crippen molar-refractivity contribution in [3.8, 4) is 11.4 Å². The Morgan fingerprint density at radius 3 is 2.43 bits per heavy atom. The first kappa shape index (κ1) is 21.9. The summed E-state index contributed by atoms with van der Waals surface area (Å²) in [4.78, 5) is 13.0. The molecule has 0 atom stereocenters. The average Bonchev–Trinajstić information content (AvgIpc) is 3.26. The lowest BCUT2D eigenvalue weighted by Gasteiger charge is -2.16. The summed E-state index contributed by atoms with van der Waals surface area (Å²) in [5.41, 5.74) is 1.41. The second kappa shape index (κ2) is 8.91. The van der Waals surface area contributed by atoms with E-state index in [1.165, 1.54) is 33.3 Å². The zero-order chi connectivity index (χ0) is 21.9. The third-order valence-electron chi connectivity index (χ3n) is 4.57. The highest BCUT2D eigenvalue weighted by atomic mass is 35.5. The van der Waals surface area contributed by atoms with Gasteiger partial charge >= 0.3 is 0 Å². The number of ether oxygens (including phenoxy) is 1. The Balaban J connectivity index is 1.87. The highest BCUT2D eigenvalue weighted by Gasteiger charge is 2.22. The molecule has 0 saturated carbocycles. The highest BCUT2D eigenvalue weighted by Crippen LogP contribution is 2.30. The van der Waals surface area contributed by atoms with Crippen molar-refractivity contribution in [3.63, 3.8) is 0 Å². The van der Waals surface area contributed by atoms with E-state index in [1.807, 2.05) is 29.1 Å². The van der Waals surface area contributed by atoms with E-state index in [-0.39, 0.29) is 17.0 Å². The lowest BCUT2D eigenvalue weighted by molar-refractivity contribution is 0.0947. The number of rotatable bonds is 7. The maximum atomic E-state index is 12.8. The number of nitrogens with one attached hydrogen (secondary N) is 1. The van der Waals surface area contributed by atoms with Crippen LogP contribution in [0.4, 0.5) is 0 Å². The van der Waals surface area contributed by atoms with Gasteiger partial charge in [0.2, 0.25) is 10.0 Å². The number of methoxy groups -OCH3 is 1. The average molecular weight is 448 g/mol. The van der Waals surface area contributed by atoms with Gasteiger partial charge in [0.15, 0.2) is 0 Å². The minimum Gasteiger partial charge on any atom is -0.496 e. The maximum absolute atomic E-state index is 12.8. The summed E-state index contributed by atoms with van der Waals surface area (Å²) in [5.74, 6) is -0.0698. The standard InChI is InChI=1S/C21H22ClN3O4S/c1-24(2)30(27,28)20-9-5-4-8-15(20)14-23-21(26)16-12-17(22)18(13-19(16)29-3)25-10-6-7-11-25/h4-13H,14H2,1-3H3,(H,23,26). The van der Waals surface area contributed by atoms with Crippen molar-refractivity contribution in [2.24, 2.45) is 0 Å². The van der Waals surface area contributed by atoms with E-state index >= 15 is 0 Å². The van der Waals surface area contributed by atoms with Crippen LogP contribution in [0.15, 0.2) is 65.8 Å². The molecule has 0 bridgehead atoms. The number of aromatic nitrogens is 1. The molecule has 1 N–H and O–H groups in total. The Labute approximate surface area is 180 Å². The zero-order valence-corrected chi connectivity index (χ0v) is 18.4. The van der Waals surface area contributed by atoms with E-state index in [2.05, 4.69) is 5.32 Å². The summed E-state index contributed by atoms with van der Waals surface area (Å²) in [6, 6.07) is 13.5. The van der Waals surface area contributed by atoms with E-state index in [4.69, 9.17) is 16.3 Å². The first-order valence-electron chi connectivity index (χ1n) is 9.05. The summed E-state index contributed by atoms with van der Waals surface area (Å²) in [5, 5.41) is 3.14. The second-order valence-corrected chi connectivity index (χ2v) is 9.20. The molecule has 9 heteroatoms. The Morgan fingerprint density at radius 1 is 1.13 bits per heavy atom. The Bertz CT molecular complexity index is 1160. The fraction of sp³-hybridized carbons (Fsp3) is 0.190. The van der Waals surface area contributed by atoms with Gasteiger partial charge in [-0.1, -0.05) is 29.8 Å². The van der Waals surface area contributed by atoms with E-state index in [0.717, 1.165) is 4.31 Å². The minimum atomic E-state index is -3.64. The van der Waals surface area contributed by atoms with Crippen LogP contribution in [0.3, 0.4) is 0 Å². The molecule has 3 rings (SSSR count). The van der Waals surface area contributed by atoms with Gasteiger partial charge in [-0.25, -0.2) is 12.7 Å². The van der Waals surface area contributed by atoms with Gasteiger partial charge in [0, 0.05) is 39.1 Å². The van der Waals surface area contributed by atoms with Crippen molar-refractivity contribution in [3.05, 3.63) is 77.1 Å². The van der Waals surface area contributed by atoms with E-state index < -0.39 is 15.9 Å². The van der Waals surface area contributed by atoms with Gasteiger partial charge in [-0.15, -0.1) is 0 Å². The number of hydrogen-bond donors (Lipinski definition) is 1. The molecular formula is C21H22ClN3O4S. The molecule has 0 aliphatic carbocycles. The molecule has 3 aromatic rings. The Kier molecular flexibility index (Phi) is 6.50. The molecule has 1 heterocycles. The first-order chi connectivity index (χ1) is 14.3. The minimum absolute atomic E-state index is 0.0300. The van der Waals surface area contributed by atoms with Crippen LogP contribution in [0.1, 0.15) is 15.9 Å². The van der Waals surface area contributed by atoms with Crippen LogP contribution in [-0.2, 0) is 16.6 Å². The summed E-state index contributed by atoms with van der Waals surface area (Å²) in [6.07, 6.45) is 3.67. The molecule has 2 aromatic carbocycles. The molecule has 0 radical (unpaired) electrons. The molecule has 1 amide bonds. The van der Waals surface area contributed by atoms with Gasteiger partial charge < -0.3 is 14.6 Å². The smallest absolute Gasteiger partial charge is 0.255 e. The van der Waals surface area contributed by atoms with Crippen molar-refractivity contribution >= 4 is 27.5 Å². The molecule has 0 saturated heterocycles. The zero-order valence-electron chi connectivity index (χ0n) is 16.8. The highest BCUT2D eigenvalue weighted by molar-refractivity contribution is 7.89. The van der Waals surface area contributed by atoms with Crippen LogP contribution in [-0.4, -0.2) is 44.4 Å². The predicted molar refractivity (Wildman–Crippen MR) is 116 cm³/mol. The van der Waals surface area contributed by atoms with Crippen LogP contribution in [0, 0.1) is 0 Å². The number of hydrogen-bond acceptors (Lipinski definition) is 4. The summed E-state index contributed by atoms with van der Waals surface area (Å²) in [6.45, 7) is 0.0300. The van der Waals surface area contributed by atoms with Gasteiger partial charge in [-0.2, -0.15) is 0 Å². The van der Waals surface area contributed by atoms with Crippen molar-refractivity contribution in [2.75, 3.05) is 21.2 Å². The largest absolute Gasteiger partial charge is 0.496 e. The molecule has 0 fully saturated rings. The van der Waals surface area contributed by atoms with Gasteiger partial charge in [0.05, 0.1) is 28.3 Å². The summed E-state index contributed by atoms with van der Waals surface area (Å²) >= 11 is 6.39. The Morgan fingerprint density at radius 2 is 1.80 bits per heavy atom. The number of carbonyl (C=O) groups excluding carboxylic acids is 1. The molecule has 0 unspecified atom stereocenters. The topological polar surface area (TPSA) is 80.6 Å². The number of amides is 1. The van der Waals surface area contributed by atoms with Crippen molar-refractivity contribution < 1.29 is 17.9 Å². The third-order valence-corrected chi connectivity index (χ3v) is 6.79. The van der Waals surface area contributed by atoms with Gasteiger partial charge in [0.25, 0.3) is 5.91 Å². The molecule has 158 valence electrons. The Hall–Kier alpha value is -2.81. The van der Waals surface area contributed by atoms with E-state index in [0.29, 0.717) is 22.0 Å². The molecule has 0 aliphatic heterocycles. The molecule has 0 aliphatic rings. The third kappa shape index (κ3) is 4.35. The lowest BCUT2D eigenvalue weighted by Crippen LogP contribution is -2.27. The quantitative estimate of drug-likeness (QED) is 0.602. The maximum Gasteiger partial charge on any atom is 0.255 e. The van der Waals surface area contributed by atoms with Crippen LogP contribution in [0.5, 0.6) is 5.75 Å². The number of halogens is 1. The SMILES string of the molecule is COc1cc(-n2cccc2)c(Cl)cc1C(=O)NCc1ccccc1S(=O)(=O)N(C)C. The fourth-order valence-corrected chi connectivity index (χ4v) is 4.33. The van der Waals surface area contributed by atoms with Gasteiger partial charge in [-0.05, 0) is 29.8 Å². The fourth-order valence-electron chi connectivity index (χ4n) is 2.95. The molecule has 7 nitrogen and oxygen atoms in total. The number of nitrogens with zero attached hydrogens (tertiary/aromatic N) is 2. The first-order valence-corrected chi connectivity index (χ1v) is 10.9. The number of sulfonamides is 1. The monoisotopic (exact) mass is 447 g/mol. The molecule has 30 heavy (non-hydrogen) atoms. The van der Waals surface area contributed by atoms with Crippen molar-refractivity contribution in [1.29, 1.82) is 0 Å². The van der Waals surface area contributed by atoms with Crippen LogP contribution in [0.2, 0.25) is 5.02 Å². The number of benzene rings is 2. The van der Waals surface area contributed by atoms with Crippen LogP contribution < -0.4 is 10.1 Å².